The van der Waals surface area contributed by atoms with E-state index in [2.05, 4.69) is 0 Å². The van der Waals surface area contributed by atoms with Crippen molar-refractivity contribution >= 4 is 29.2 Å². The molecule has 0 radical (unpaired) electrons. The van der Waals surface area contributed by atoms with Crippen LogP contribution >= 0.6 is 0 Å². The molecule has 7 heteroatoms. The number of carbonyl (C=O) groups excluding carboxylic acids is 2. The predicted octanol–water partition coefficient (Wildman–Crippen LogP) is 0.0430. The zero-order valence-electron chi connectivity index (χ0n) is 11.0. The SMILES string of the molecule is CN1C(=O)CCN(C(=O)CN)c2ccc(C(=O)O)cc21. The number of fused-ring (bicyclic) bond motifs is 1. The first kappa shape index (κ1) is 14.0. The Morgan fingerprint density at radius 2 is 2.05 bits per heavy atom. The molecule has 3 N–H and O–H groups in total. The van der Waals surface area contributed by atoms with Crippen molar-refractivity contribution in [2.75, 3.05) is 29.9 Å². The molecular weight excluding hydrogens is 262 g/mol. The van der Waals surface area contributed by atoms with Crippen LogP contribution in [0.2, 0.25) is 0 Å². The molecule has 20 heavy (non-hydrogen) atoms. The fraction of sp³-hybridized carbons (Fsp3) is 0.308. The first-order valence-corrected chi connectivity index (χ1v) is 6.10. The summed E-state index contributed by atoms with van der Waals surface area (Å²) in [4.78, 5) is 37.6. The van der Waals surface area contributed by atoms with E-state index >= 15 is 0 Å². The van der Waals surface area contributed by atoms with Crippen LogP contribution in [0.1, 0.15) is 16.8 Å². The van der Waals surface area contributed by atoms with Crippen LogP contribution in [0.15, 0.2) is 18.2 Å². The molecule has 0 atom stereocenters. The van der Waals surface area contributed by atoms with E-state index in [4.69, 9.17) is 10.8 Å². The number of hydrogen-bond acceptors (Lipinski definition) is 4. The first-order chi connectivity index (χ1) is 9.45. The summed E-state index contributed by atoms with van der Waals surface area (Å²) >= 11 is 0. The minimum atomic E-state index is -1.09. The molecule has 0 spiro atoms. The smallest absolute Gasteiger partial charge is 0.335 e. The van der Waals surface area contributed by atoms with Crippen molar-refractivity contribution in [3.05, 3.63) is 23.8 Å². The number of carbonyl (C=O) groups is 3. The topological polar surface area (TPSA) is 104 Å². The molecule has 0 saturated heterocycles. The monoisotopic (exact) mass is 277 g/mol. The standard InChI is InChI=1S/C13H15N3O4/c1-15-10-6-8(13(19)20)2-3-9(10)16(12(18)7-14)5-4-11(15)17/h2-3,6H,4-5,7,14H2,1H3,(H,19,20). The van der Waals surface area contributed by atoms with Crippen molar-refractivity contribution in [3.63, 3.8) is 0 Å². The summed E-state index contributed by atoms with van der Waals surface area (Å²) < 4.78 is 0. The van der Waals surface area contributed by atoms with Gasteiger partial charge in [-0.25, -0.2) is 4.79 Å². The fourth-order valence-corrected chi connectivity index (χ4v) is 2.15. The maximum absolute atomic E-state index is 11.9. The average molecular weight is 277 g/mol. The summed E-state index contributed by atoms with van der Waals surface area (Å²) in [6, 6.07) is 4.32. The van der Waals surface area contributed by atoms with Gasteiger partial charge in [0.15, 0.2) is 0 Å². The van der Waals surface area contributed by atoms with Crippen LogP contribution in [0.25, 0.3) is 0 Å². The number of nitrogens with two attached hydrogens (primary N) is 1. The van der Waals surface area contributed by atoms with Gasteiger partial charge in [-0.1, -0.05) is 0 Å². The van der Waals surface area contributed by atoms with Crippen LogP contribution in [-0.4, -0.2) is 43.0 Å². The van der Waals surface area contributed by atoms with E-state index in [1.54, 1.807) is 7.05 Å². The van der Waals surface area contributed by atoms with Gasteiger partial charge < -0.3 is 20.6 Å². The quantitative estimate of drug-likeness (QED) is 0.794. The highest BCUT2D eigenvalue weighted by Gasteiger charge is 2.27. The second-order valence-corrected chi connectivity index (χ2v) is 4.46. The number of hydrogen-bond donors (Lipinski definition) is 2. The molecule has 2 rings (SSSR count). The number of carboxylic acids is 1. The van der Waals surface area contributed by atoms with Gasteiger partial charge in [0, 0.05) is 20.0 Å². The molecule has 0 saturated carbocycles. The van der Waals surface area contributed by atoms with E-state index in [9.17, 15) is 14.4 Å². The Bertz CT molecular complexity index is 585. The molecule has 0 aliphatic carbocycles. The van der Waals surface area contributed by atoms with Crippen molar-refractivity contribution in [2.45, 2.75) is 6.42 Å². The van der Waals surface area contributed by atoms with Crippen LogP contribution in [0.4, 0.5) is 11.4 Å². The van der Waals surface area contributed by atoms with E-state index in [1.807, 2.05) is 0 Å². The highest BCUT2D eigenvalue weighted by molar-refractivity contribution is 6.06. The van der Waals surface area contributed by atoms with Gasteiger partial charge in [0.2, 0.25) is 11.8 Å². The molecule has 1 heterocycles. The van der Waals surface area contributed by atoms with Crippen LogP contribution in [-0.2, 0) is 9.59 Å². The first-order valence-electron chi connectivity index (χ1n) is 6.10. The van der Waals surface area contributed by atoms with E-state index in [0.717, 1.165) is 0 Å². The van der Waals surface area contributed by atoms with Gasteiger partial charge in [0.05, 0.1) is 23.5 Å². The maximum atomic E-state index is 11.9. The Balaban J connectivity index is 2.58. The van der Waals surface area contributed by atoms with E-state index in [1.165, 1.54) is 28.0 Å². The molecule has 1 aliphatic heterocycles. The molecule has 7 nitrogen and oxygen atoms in total. The molecule has 0 unspecified atom stereocenters. The second kappa shape index (κ2) is 5.30. The lowest BCUT2D eigenvalue weighted by Gasteiger charge is -2.23. The largest absolute Gasteiger partial charge is 0.478 e. The Kier molecular flexibility index (Phi) is 3.71. The van der Waals surface area contributed by atoms with Crippen molar-refractivity contribution in [3.8, 4) is 0 Å². The van der Waals surface area contributed by atoms with Gasteiger partial charge in [-0.05, 0) is 18.2 Å². The number of nitrogens with zero attached hydrogens (tertiary/aromatic N) is 2. The molecule has 1 aromatic rings. The Hall–Kier alpha value is -2.41. The lowest BCUT2D eigenvalue weighted by Crippen LogP contribution is -2.36. The third-order valence-electron chi connectivity index (χ3n) is 3.27. The molecule has 0 bridgehead atoms. The molecule has 0 fully saturated rings. The van der Waals surface area contributed by atoms with Crippen molar-refractivity contribution in [2.24, 2.45) is 5.73 Å². The lowest BCUT2D eigenvalue weighted by molar-refractivity contribution is -0.118. The number of amides is 2. The summed E-state index contributed by atoms with van der Waals surface area (Å²) in [5, 5.41) is 9.03. The van der Waals surface area contributed by atoms with Crippen LogP contribution in [0.5, 0.6) is 0 Å². The molecule has 1 aliphatic rings. The van der Waals surface area contributed by atoms with Gasteiger partial charge in [-0.3, -0.25) is 9.59 Å². The zero-order chi connectivity index (χ0) is 14.9. The number of aromatic carboxylic acids is 1. The number of carboxylic acid groups (broad SMARTS) is 1. The molecule has 1 aromatic carbocycles. The summed E-state index contributed by atoms with van der Waals surface area (Å²) in [6.07, 6.45) is 0.166. The summed E-state index contributed by atoms with van der Waals surface area (Å²) in [5.74, 6) is -1.58. The highest BCUT2D eigenvalue weighted by atomic mass is 16.4. The Morgan fingerprint density at radius 3 is 2.65 bits per heavy atom. The van der Waals surface area contributed by atoms with E-state index in [-0.39, 0.29) is 36.9 Å². The average Bonchev–Trinajstić information content (AvgIpc) is 2.56. The van der Waals surface area contributed by atoms with Crippen molar-refractivity contribution in [1.82, 2.24) is 0 Å². The second-order valence-electron chi connectivity index (χ2n) is 4.46. The zero-order valence-corrected chi connectivity index (χ0v) is 11.0. The maximum Gasteiger partial charge on any atom is 0.335 e. The number of anilines is 2. The van der Waals surface area contributed by atoms with Crippen molar-refractivity contribution < 1.29 is 19.5 Å². The molecule has 2 amide bonds. The van der Waals surface area contributed by atoms with Crippen LogP contribution < -0.4 is 15.5 Å². The lowest BCUT2D eigenvalue weighted by atomic mass is 10.1. The van der Waals surface area contributed by atoms with Crippen LogP contribution in [0.3, 0.4) is 0 Å². The van der Waals surface area contributed by atoms with Gasteiger partial charge in [-0.2, -0.15) is 0 Å². The summed E-state index contributed by atoms with van der Waals surface area (Å²) in [6.45, 7) is 0.0661. The van der Waals surface area contributed by atoms with Gasteiger partial charge in [-0.15, -0.1) is 0 Å². The van der Waals surface area contributed by atoms with Crippen LogP contribution in [0, 0.1) is 0 Å². The minimum absolute atomic E-state index is 0.0606. The minimum Gasteiger partial charge on any atom is -0.478 e. The third kappa shape index (κ3) is 2.35. The molecule has 0 aromatic heterocycles. The molecule has 106 valence electrons. The third-order valence-corrected chi connectivity index (χ3v) is 3.27. The fourth-order valence-electron chi connectivity index (χ4n) is 2.15. The Morgan fingerprint density at radius 1 is 1.35 bits per heavy atom. The highest BCUT2D eigenvalue weighted by Crippen LogP contribution is 2.33. The summed E-state index contributed by atoms with van der Waals surface area (Å²) in [5.41, 5.74) is 6.33. The van der Waals surface area contributed by atoms with Gasteiger partial charge in [0.1, 0.15) is 0 Å². The number of benzene rings is 1. The van der Waals surface area contributed by atoms with Crippen molar-refractivity contribution in [1.29, 1.82) is 0 Å². The Labute approximate surface area is 115 Å². The summed E-state index contributed by atoms with van der Waals surface area (Å²) in [7, 11) is 1.56. The van der Waals surface area contributed by atoms with E-state index < -0.39 is 5.97 Å². The molecular formula is C13H15N3O4. The number of rotatable bonds is 2. The normalized spacial score (nSPS) is 14.8. The van der Waals surface area contributed by atoms with Gasteiger partial charge >= 0.3 is 5.97 Å². The van der Waals surface area contributed by atoms with E-state index in [0.29, 0.717) is 11.4 Å². The predicted molar refractivity (Wildman–Crippen MR) is 72.8 cm³/mol. The van der Waals surface area contributed by atoms with Gasteiger partial charge in [0.25, 0.3) is 0 Å².